The Kier molecular flexibility index (Phi) is 2.78. The maximum Gasteiger partial charge on any atom is 0.213 e. The molecule has 0 radical (unpaired) electrons. The van der Waals surface area contributed by atoms with Crippen molar-refractivity contribution < 1.29 is 8.42 Å². The van der Waals surface area contributed by atoms with Gasteiger partial charge in [0.25, 0.3) is 0 Å². The van der Waals surface area contributed by atoms with Crippen LogP contribution in [0.4, 0.5) is 0 Å². The monoisotopic (exact) mass is 191 g/mol. The molecule has 0 aromatic carbocycles. The predicted octanol–water partition coefficient (Wildman–Crippen LogP) is 0.924. The van der Waals surface area contributed by atoms with Gasteiger partial charge in [0.1, 0.15) is 0 Å². The van der Waals surface area contributed by atoms with Gasteiger partial charge in [0, 0.05) is 13.1 Å². The highest BCUT2D eigenvalue weighted by Crippen LogP contribution is 2.24. The topological polar surface area (TPSA) is 37.4 Å². The lowest BCUT2D eigenvalue weighted by molar-refractivity contribution is 0.464. The van der Waals surface area contributed by atoms with Crippen LogP contribution in [0.2, 0.25) is 0 Å². The first-order chi connectivity index (χ1) is 5.47. The largest absolute Gasteiger partial charge is 0.213 e. The summed E-state index contributed by atoms with van der Waals surface area (Å²) in [5.74, 6) is 1.24. The van der Waals surface area contributed by atoms with Crippen molar-refractivity contribution in [2.45, 2.75) is 20.8 Å². The van der Waals surface area contributed by atoms with Crippen LogP contribution in [0, 0.1) is 11.8 Å². The molecule has 1 aliphatic heterocycles. The second-order valence-corrected chi connectivity index (χ2v) is 5.93. The average molecular weight is 191 g/mol. The molecular weight excluding hydrogens is 174 g/mol. The molecule has 4 heteroatoms. The summed E-state index contributed by atoms with van der Waals surface area (Å²) in [5, 5.41) is 0. The highest BCUT2D eigenvalue weighted by atomic mass is 32.2. The van der Waals surface area contributed by atoms with E-state index in [1.807, 2.05) is 0 Å². The van der Waals surface area contributed by atoms with Crippen molar-refractivity contribution in [3.63, 3.8) is 0 Å². The lowest BCUT2D eigenvalue weighted by atomic mass is 10.0. The molecule has 0 aliphatic carbocycles. The molecule has 1 aliphatic rings. The van der Waals surface area contributed by atoms with Crippen LogP contribution in [0.5, 0.6) is 0 Å². The molecule has 1 heterocycles. The number of hydrogen-bond acceptors (Lipinski definition) is 2. The molecule has 0 amide bonds. The molecule has 0 saturated carbocycles. The summed E-state index contributed by atoms with van der Waals surface area (Å²) in [6.07, 6.45) is 0. The molecule has 1 fully saturated rings. The normalized spacial score (nSPS) is 32.6. The Labute approximate surface area is 74.8 Å². The molecule has 2 atom stereocenters. The predicted molar refractivity (Wildman–Crippen MR) is 49.4 cm³/mol. The lowest BCUT2D eigenvalue weighted by Gasteiger charge is -2.13. The molecule has 12 heavy (non-hydrogen) atoms. The lowest BCUT2D eigenvalue weighted by Crippen LogP contribution is -2.30. The molecule has 0 aromatic rings. The number of hydrogen-bond donors (Lipinski definition) is 0. The maximum absolute atomic E-state index is 11.4. The number of nitrogens with zero attached hydrogens (tertiary/aromatic N) is 1. The van der Waals surface area contributed by atoms with Crippen molar-refractivity contribution >= 4 is 10.0 Å². The Bertz CT molecular complexity index is 238. The third-order valence-corrected chi connectivity index (χ3v) is 4.53. The summed E-state index contributed by atoms with van der Waals surface area (Å²) in [6.45, 7) is 7.32. The highest BCUT2D eigenvalue weighted by molar-refractivity contribution is 7.89. The van der Waals surface area contributed by atoms with E-state index < -0.39 is 10.0 Å². The first-order valence-corrected chi connectivity index (χ1v) is 6.06. The third-order valence-electron chi connectivity index (χ3n) is 2.71. The zero-order valence-corrected chi connectivity index (χ0v) is 8.76. The quantitative estimate of drug-likeness (QED) is 0.651. The molecule has 1 rings (SSSR count). The molecule has 1 saturated heterocycles. The van der Waals surface area contributed by atoms with E-state index in [9.17, 15) is 8.42 Å². The molecule has 0 aromatic heterocycles. The summed E-state index contributed by atoms with van der Waals surface area (Å²) in [4.78, 5) is 0. The van der Waals surface area contributed by atoms with Gasteiger partial charge in [-0.3, -0.25) is 0 Å². The molecular formula is C8H17NO2S. The minimum atomic E-state index is -2.93. The Morgan fingerprint density at radius 3 is 2.00 bits per heavy atom. The van der Waals surface area contributed by atoms with Crippen molar-refractivity contribution in [3.8, 4) is 0 Å². The minimum Gasteiger partial charge on any atom is -0.212 e. The van der Waals surface area contributed by atoms with Crippen LogP contribution in [0.25, 0.3) is 0 Å². The molecule has 72 valence electrons. The summed E-state index contributed by atoms with van der Waals surface area (Å²) in [7, 11) is -2.93. The third kappa shape index (κ3) is 1.80. The van der Waals surface area contributed by atoms with Gasteiger partial charge < -0.3 is 0 Å². The summed E-state index contributed by atoms with van der Waals surface area (Å²) in [6, 6.07) is 0. The van der Waals surface area contributed by atoms with Crippen molar-refractivity contribution in [1.82, 2.24) is 4.31 Å². The van der Waals surface area contributed by atoms with Crippen molar-refractivity contribution in [2.75, 3.05) is 18.8 Å². The summed E-state index contributed by atoms with van der Waals surface area (Å²) in [5.41, 5.74) is 0. The van der Waals surface area contributed by atoms with Gasteiger partial charge in [-0.25, -0.2) is 12.7 Å². The standard InChI is InChI=1S/C8H17NO2S/c1-4-12(10,11)9-5-7(2)8(3)6-9/h7-8H,4-6H2,1-3H3. The molecule has 0 spiro atoms. The van der Waals surface area contributed by atoms with Gasteiger partial charge in [0.05, 0.1) is 5.75 Å². The van der Waals surface area contributed by atoms with Crippen LogP contribution in [0.3, 0.4) is 0 Å². The zero-order chi connectivity index (χ0) is 9.35. The Morgan fingerprint density at radius 1 is 1.25 bits per heavy atom. The van der Waals surface area contributed by atoms with Crippen LogP contribution in [0.15, 0.2) is 0 Å². The molecule has 3 nitrogen and oxygen atoms in total. The zero-order valence-electron chi connectivity index (χ0n) is 7.95. The van der Waals surface area contributed by atoms with Gasteiger partial charge in [0.15, 0.2) is 0 Å². The smallest absolute Gasteiger partial charge is 0.212 e. The fourth-order valence-corrected chi connectivity index (χ4v) is 2.78. The average Bonchev–Trinajstić information content (AvgIpc) is 2.33. The molecule has 0 bridgehead atoms. The fourth-order valence-electron chi connectivity index (χ4n) is 1.49. The SMILES string of the molecule is CCS(=O)(=O)N1CC(C)C(C)C1. The van der Waals surface area contributed by atoms with Gasteiger partial charge >= 0.3 is 0 Å². The van der Waals surface area contributed by atoms with E-state index >= 15 is 0 Å². The van der Waals surface area contributed by atoms with Gasteiger partial charge in [-0.05, 0) is 18.8 Å². The first kappa shape index (κ1) is 9.99. The number of rotatable bonds is 2. The van der Waals surface area contributed by atoms with E-state index in [0.29, 0.717) is 24.9 Å². The molecule has 2 unspecified atom stereocenters. The van der Waals surface area contributed by atoms with Gasteiger partial charge in [-0.1, -0.05) is 13.8 Å². The van der Waals surface area contributed by atoms with E-state index in [1.165, 1.54) is 0 Å². The Hall–Kier alpha value is -0.0900. The van der Waals surface area contributed by atoms with Crippen LogP contribution in [-0.4, -0.2) is 31.6 Å². The highest BCUT2D eigenvalue weighted by Gasteiger charge is 2.32. The van der Waals surface area contributed by atoms with Gasteiger partial charge in [0.2, 0.25) is 10.0 Å². The molecule has 0 N–H and O–H groups in total. The fraction of sp³-hybridized carbons (Fsp3) is 1.00. The van der Waals surface area contributed by atoms with Crippen LogP contribution in [0.1, 0.15) is 20.8 Å². The second kappa shape index (κ2) is 3.34. The van der Waals surface area contributed by atoms with Crippen molar-refractivity contribution in [2.24, 2.45) is 11.8 Å². The van der Waals surface area contributed by atoms with Crippen molar-refractivity contribution in [1.29, 1.82) is 0 Å². The van der Waals surface area contributed by atoms with E-state index in [0.717, 1.165) is 0 Å². The van der Waals surface area contributed by atoms with Gasteiger partial charge in [-0.15, -0.1) is 0 Å². The first-order valence-electron chi connectivity index (χ1n) is 4.45. The summed E-state index contributed by atoms with van der Waals surface area (Å²) >= 11 is 0. The van der Waals surface area contributed by atoms with Gasteiger partial charge in [-0.2, -0.15) is 0 Å². The van der Waals surface area contributed by atoms with Crippen molar-refractivity contribution in [3.05, 3.63) is 0 Å². The second-order valence-electron chi connectivity index (χ2n) is 3.67. The maximum atomic E-state index is 11.4. The number of sulfonamides is 1. The summed E-state index contributed by atoms with van der Waals surface area (Å²) < 4.78 is 24.5. The Morgan fingerprint density at radius 2 is 1.67 bits per heavy atom. The van der Waals surface area contributed by atoms with E-state index in [1.54, 1.807) is 11.2 Å². The van der Waals surface area contributed by atoms with E-state index in [-0.39, 0.29) is 5.75 Å². The Balaban J connectivity index is 2.70. The van der Waals surface area contributed by atoms with Crippen LogP contribution >= 0.6 is 0 Å². The van der Waals surface area contributed by atoms with Crippen LogP contribution in [-0.2, 0) is 10.0 Å². The van der Waals surface area contributed by atoms with E-state index in [4.69, 9.17) is 0 Å². The van der Waals surface area contributed by atoms with Crippen LogP contribution < -0.4 is 0 Å². The minimum absolute atomic E-state index is 0.229. The van der Waals surface area contributed by atoms with E-state index in [2.05, 4.69) is 13.8 Å².